The Morgan fingerprint density at radius 2 is 1.81 bits per heavy atom. The van der Waals surface area contributed by atoms with Crippen LogP contribution in [0.2, 0.25) is 0 Å². The molecule has 0 aliphatic rings. The van der Waals surface area contributed by atoms with Crippen LogP contribution in [0.3, 0.4) is 0 Å². The fourth-order valence-electron chi connectivity index (χ4n) is 1.89. The van der Waals surface area contributed by atoms with Gasteiger partial charge in [-0.1, -0.05) is 0 Å². The average Bonchev–Trinajstić information content (AvgIpc) is 2.73. The number of anilines is 1. The first kappa shape index (κ1) is 15.7. The Morgan fingerprint density at radius 1 is 1.14 bits per heavy atom. The van der Waals surface area contributed by atoms with E-state index in [1.54, 1.807) is 23.5 Å². The normalized spacial score (nSPS) is 11.5. The summed E-state index contributed by atoms with van der Waals surface area (Å²) in [5, 5.41) is 3.24. The summed E-state index contributed by atoms with van der Waals surface area (Å²) in [5.74, 6) is 0.209. The molecule has 2 nitrogen and oxygen atoms in total. The second-order valence-electron chi connectivity index (χ2n) is 4.72. The van der Waals surface area contributed by atoms with Crippen molar-refractivity contribution in [3.05, 3.63) is 45.6 Å². The van der Waals surface area contributed by atoms with Crippen LogP contribution in [0.4, 0.5) is 18.9 Å². The van der Waals surface area contributed by atoms with Crippen LogP contribution in [0.1, 0.15) is 15.3 Å². The minimum atomic E-state index is -4.31. The number of hydrogen-bond acceptors (Lipinski definition) is 3. The third-order valence-electron chi connectivity index (χ3n) is 2.88. The Bertz CT molecular complexity index is 590. The molecule has 0 saturated heterocycles. The molecule has 0 radical (unpaired) electrons. The maximum absolute atomic E-state index is 12.0. The Balaban J connectivity index is 1.89. The molecule has 0 spiro atoms. The van der Waals surface area contributed by atoms with E-state index in [0.717, 1.165) is 5.69 Å². The molecule has 0 saturated carbocycles. The van der Waals surface area contributed by atoms with E-state index < -0.39 is 12.8 Å². The summed E-state index contributed by atoms with van der Waals surface area (Å²) < 4.78 is 40.8. The van der Waals surface area contributed by atoms with Gasteiger partial charge >= 0.3 is 6.18 Å². The number of alkyl halides is 3. The van der Waals surface area contributed by atoms with Gasteiger partial charge in [0.25, 0.3) is 0 Å². The monoisotopic (exact) mass is 315 g/mol. The van der Waals surface area contributed by atoms with Gasteiger partial charge in [0.2, 0.25) is 0 Å². The van der Waals surface area contributed by atoms with Crippen LogP contribution >= 0.6 is 11.3 Å². The van der Waals surface area contributed by atoms with Crippen LogP contribution in [0.15, 0.2) is 30.3 Å². The molecule has 114 valence electrons. The van der Waals surface area contributed by atoms with Crippen LogP contribution in [-0.2, 0) is 6.54 Å². The molecule has 0 bridgehead atoms. The summed E-state index contributed by atoms with van der Waals surface area (Å²) in [5.41, 5.74) is 2.08. The molecule has 0 fully saturated rings. The van der Waals surface area contributed by atoms with Gasteiger partial charge in [-0.2, -0.15) is 13.2 Å². The van der Waals surface area contributed by atoms with E-state index in [0.29, 0.717) is 6.54 Å². The minimum absolute atomic E-state index is 0.209. The minimum Gasteiger partial charge on any atom is -0.484 e. The largest absolute Gasteiger partial charge is 0.484 e. The molecule has 0 unspecified atom stereocenters. The molecule has 1 heterocycles. The Morgan fingerprint density at radius 3 is 2.33 bits per heavy atom. The molecule has 6 heteroatoms. The summed E-state index contributed by atoms with van der Waals surface area (Å²) in [4.78, 5) is 2.53. The highest BCUT2D eigenvalue weighted by atomic mass is 32.1. The summed E-state index contributed by atoms with van der Waals surface area (Å²) in [7, 11) is 0. The molecule has 0 aliphatic carbocycles. The van der Waals surface area contributed by atoms with Crippen molar-refractivity contribution in [2.24, 2.45) is 0 Å². The van der Waals surface area contributed by atoms with E-state index in [1.807, 2.05) is 0 Å². The lowest BCUT2D eigenvalue weighted by molar-refractivity contribution is -0.153. The zero-order valence-electron chi connectivity index (χ0n) is 11.8. The zero-order valence-corrected chi connectivity index (χ0v) is 12.6. The maximum atomic E-state index is 12.0. The van der Waals surface area contributed by atoms with E-state index >= 15 is 0 Å². The van der Waals surface area contributed by atoms with E-state index in [2.05, 4.69) is 30.0 Å². The molecule has 2 aromatic rings. The van der Waals surface area contributed by atoms with Crippen molar-refractivity contribution in [3.8, 4) is 5.75 Å². The highest BCUT2D eigenvalue weighted by molar-refractivity contribution is 7.12. The van der Waals surface area contributed by atoms with Crippen molar-refractivity contribution in [1.82, 2.24) is 0 Å². The number of ether oxygens (including phenoxy) is 1. The third kappa shape index (κ3) is 4.97. The summed E-state index contributed by atoms with van der Waals surface area (Å²) in [6, 6.07) is 8.61. The number of rotatable bonds is 5. The van der Waals surface area contributed by atoms with E-state index in [4.69, 9.17) is 0 Å². The molecule has 21 heavy (non-hydrogen) atoms. The molecule has 1 aromatic carbocycles. The Hall–Kier alpha value is -1.69. The first-order valence-corrected chi connectivity index (χ1v) is 7.24. The predicted molar refractivity (Wildman–Crippen MR) is 79.1 cm³/mol. The topological polar surface area (TPSA) is 21.3 Å². The molecular formula is C15H16F3NOS. The standard InChI is InChI=1S/C15H16F3NOS/c1-10-7-12(11(2)21-10)8-19-13-3-5-14(6-4-13)20-9-15(16,17)18/h3-7,19H,8-9H2,1-2H3. The second kappa shape index (κ2) is 6.39. The predicted octanol–water partition coefficient (Wildman–Crippen LogP) is 4.92. The van der Waals surface area contributed by atoms with Crippen molar-refractivity contribution in [2.75, 3.05) is 11.9 Å². The summed E-state index contributed by atoms with van der Waals surface area (Å²) >= 11 is 1.75. The fourth-order valence-corrected chi connectivity index (χ4v) is 2.84. The van der Waals surface area contributed by atoms with Crippen molar-refractivity contribution in [2.45, 2.75) is 26.6 Å². The number of hydrogen-bond donors (Lipinski definition) is 1. The van der Waals surface area contributed by atoms with Crippen LogP contribution in [-0.4, -0.2) is 12.8 Å². The fraction of sp³-hybridized carbons (Fsp3) is 0.333. The Labute approximate surface area is 125 Å². The summed E-state index contributed by atoms with van der Waals surface area (Å²) in [6.07, 6.45) is -4.31. The van der Waals surface area contributed by atoms with Crippen LogP contribution < -0.4 is 10.1 Å². The van der Waals surface area contributed by atoms with Gasteiger partial charge in [-0.25, -0.2) is 0 Å². The Kier molecular flexibility index (Phi) is 4.77. The second-order valence-corrected chi connectivity index (χ2v) is 6.18. The molecule has 1 N–H and O–H groups in total. The number of nitrogens with one attached hydrogen (secondary N) is 1. The highest BCUT2D eigenvalue weighted by Crippen LogP contribution is 2.23. The van der Waals surface area contributed by atoms with Gasteiger partial charge in [0.15, 0.2) is 6.61 Å². The quantitative estimate of drug-likeness (QED) is 0.846. The average molecular weight is 315 g/mol. The highest BCUT2D eigenvalue weighted by Gasteiger charge is 2.28. The zero-order chi connectivity index (χ0) is 15.5. The molecule has 1 aromatic heterocycles. The van der Waals surface area contributed by atoms with Crippen molar-refractivity contribution in [3.63, 3.8) is 0 Å². The van der Waals surface area contributed by atoms with Crippen LogP contribution in [0.5, 0.6) is 5.75 Å². The smallest absolute Gasteiger partial charge is 0.422 e. The summed E-state index contributed by atoms with van der Waals surface area (Å²) in [6.45, 7) is 3.56. The van der Waals surface area contributed by atoms with Gasteiger partial charge in [-0.05, 0) is 49.7 Å². The number of thiophene rings is 1. The van der Waals surface area contributed by atoms with Gasteiger partial charge in [-0.3, -0.25) is 0 Å². The van der Waals surface area contributed by atoms with E-state index in [9.17, 15) is 13.2 Å². The molecule has 0 aliphatic heterocycles. The van der Waals surface area contributed by atoms with Gasteiger partial charge in [0.1, 0.15) is 5.75 Å². The third-order valence-corrected chi connectivity index (χ3v) is 3.89. The van der Waals surface area contributed by atoms with Crippen LogP contribution in [0, 0.1) is 13.8 Å². The van der Waals surface area contributed by atoms with Crippen molar-refractivity contribution < 1.29 is 17.9 Å². The lowest BCUT2D eigenvalue weighted by atomic mass is 10.2. The lowest BCUT2D eigenvalue weighted by Gasteiger charge is -2.10. The lowest BCUT2D eigenvalue weighted by Crippen LogP contribution is -2.19. The maximum Gasteiger partial charge on any atom is 0.422 e. The number of benzene rings is 1. The molecular weight excluding hydrogens is 299 g/mol. The van der Waals surface area contributed by atoms with E-state index in [1.165, 1.54) is 27.5 Å². The number of aryl methyl sites for hydroxylation is 2. The first-order chi connectivity index (χ1) is 9.83. The van der Waals surface area contributed by atoms with Gasteiger partial charge in [0, 0.05) is 22.0 Å². The van der Waals surface area contributed by atoms with Crippen molar-refractivity contribution in [1.29, 1.82) is 0 Å². The molecule has 0 atom stereocenters. The van der Waals surface area contributed by atoms with Gasteiger partial charge < -0.3 is 10.1 Å². The van der Waals surface area contributed by atoms with Gasteiger partial charge in [-0.15, -0.1) is 11.3 Å². The van der Waals surface area contributed by atoms with Crippen molar-refractivity contribution >= 4 is 17.0 Å². The SMILES string of the molecule is Cc1cc(CNc2ccc(OCC(F)(F)F)cc2)c(C)s1. The first-order valence-electron chi connectivity index (χ1n) is 6.43. The molecule has 0 amide bonds. The van der Waals surface area contributed by atoms with E-state index in [-0.39, 0.29) is 5.75 Å². The number of halogens is 3. The van der Waals surface area contributed by atoms with Crippen LogP contribution in [0.25, 0.3) is 0 Å². The molecule has 2 rings (SSSR count). The van der Waals surface area contributed by atoms with Gasteiger partial charge in [0.05, 0.1) is 0 Å².